The summed E-state index contributed by atoms with van der Waals surface area (Å²) in [5, 5.41) is 17.7. The zero-order valence-electron chi connectivity index (χ0n) is 8.12. The fourth-order valence-corrected chi connectivity index (χ4v) is 1.63. The third-order valence-corrected chi connectivity index (χ3v) is 2.86. The molecule has 1 unspecified atom stereocenters. The fourth-order valence-electron chi connectivity index (χ4n) is 1.18. The van der Waals surface area contributed by atoms with Crippen molar-refractivity contribution in [3.63, 3.8) is 0 Å². The van der Waals surface area contributed by atoms with E-state index in [9.17, 15) is 18.0 Å². The van der Waals surface area contributed by atoms with Gasteiger partial charge in [0.15, 0.2) is 6.10 Å². The summed E-state index contributed by atoms with van der Waals surface area (Å²) in [5.41, 5.74) is 3.45. The highest BCUT2D eigenvalue weighted by molar-refractivity contribution is 9.10. The largest absolute Gasteiger partial charge is 0.479 e. The lowest BCUT2D eigenvalue weighted by molar-refractivity contribution is -0.147. The number of aliphatic hydroxyl groups is 1. The average Bonchev–Trinajstić information content (AvgIpc) is 2.18. The molecule has 0 heterocycles. The summed E-state index contributed by atoms with van der Waals surface area (Å²) in [7, 11) is 0. The molecular weight excluding hydrogens is 307 g/mol. The van der Waals surface area contributed by atoms with Crippen LogP contribution in [0.2, 0.25) is 0 Å². The Balaban J connectivity index is 3.39. The van der Waals surface area contributed by atoms with Gasteiger partial charge in [-0.15, -0.1) is 0 Å². The van der Waals surface area contributed by atoms with Crippen LogP contribution in [-0.2, 0) is 11.0 Å². The Kier molecular flexibility index (Phi) is 3.68. The van der Waals surface area contributed by atoms with E-state index in [2.05, 4.69) is 15.9 Å². The molecule has 94 valence electrons. The summed E-state index contributed by atoms with van der Waals surface area (Å²) < 4.78 is 37.3. The smallest absolute Gasteiger partial charge is 0.417 e. The van der Waals surface area contributed by atoms with Gasteiger partial charge in [0.1, 0.15) is 0 Å². The molecule has 0 spiro atoms. The number of hydrogen-bond acceptors (Lipinski definition) is 3. The van der Waals surface area contributed by atoms with Gasteiger partial charge in [-0.1, -0.05) is 0 Å². The van der Waals surface area contributed by atoms with Crippen molar-refractivity contribution in [1.82, 2.24) is 0 Å². The number of alkyl halides is 3. The minimum atomic E-state index is -4.69. The first kappa shape index (κ1) is 13.8. The molecule has 8 heteroatoms. The Morgan fingerprint density at radius 2 is 1.94 bits per heavy atom. The van der Waals surface area contributed by atoms with E-state index in [1.807, 2.05) is 0 Å². The fraction of sp³-hybridized carbons (Fsp3) is 0.222. The van der Waals surface area contributed by atoms with Crippen LogP contribution < -0.4 is 5.73 Å². The van der Waals surface area contributed by atoms with Gasteiger partial charge in [-0.25, -0.2) is 4.79 Å². The van der Waals surface area contributed by atoms with Crippen LogP contribution in [0.25, 0.3) is 0 Å². The Hall–Kier alpha value is -1.28. The van der Waals surface area contributed by atoms with E-state index in [1.165, 1.54) is 0 Å². The van der Waals surface area contributed by atoms with Crippen molar-refractivity contribution >= 4 is 27.6 Å². The Morgan fingerprint density at radius 1 is 1.41 bits per heavy atom. The van der Waals surface area contributed by atoms with Crippen LogP contribution in [0.5, 0.6) is 0 Å². The lowest BCUT2D eigenvalue weighted by atomic mass is 10.0. The zero-order valence-corrected chi connectivity index (χ0v) is 9.71. The number of nitrogens with two attached hydrogens (primary N) is 1. The van der Waals surface area contributed by atoms with Gasteiger partial charge in [-0.05, 0) is 33.6 Å². The third-order valence-electron chi connectivity index (χ3n) is 1.98. The molecule has 0 bridgehead atoms. The van der Waals surface area contributed by atoms with Crippen molar-refractivity contribution in [1.29, 1.82) is 0 Å². The molecule has 0 aliphatic carbocycles. The van der Waals surface area contributed by atoms with E-state index in [4.69, 9.17) is 15.9 Å². The summed E-state index contributed by atoms with van der Waals surface area (Å²) in [6.45, 7) is 0. The number of rotatable bonds is 2. The van der Waals surface area contributed by atoms with Crippen molar-refractivity contribution in [3.8, 4) is 0 Å². The van der Waals surface area contributed by atoms with E-state index in [0.717, 1.165) is 6.07 Å². The van der Waals surface area contributed by atoms with Crippen LogP contribution in [0.4, 0.5) is 18.9 Å². The second kappa shape index (κ2) is 4.53. The molecule has 0 aliphatic heterocycles. The van der Waals surface area contributed by atoms with Gasteiger partial charge in [0, 0.05) is 5.69 Å². The molecule has 1 aromatic rings. The van der Waals surface area contributed by atoms with E-state index < -0.39 is 29.4 Å². The SMILES string of the molecule is Nc1cc(C(O)C(=O)O)cc(C(F)(F)F)c1Br. The molecular formula is C9H7BrF3NO3. The molecule has 0 saturated heterocycles. The van der Waals surface area contributed by atoms with Crippen LogP contribution >= 0.6 is 15.9 Å². The van der Waals surface area contributed by atoms with Crippen molar-refractivity contribution in [2.24, 2.45) is 0 Å². The Labute approximate surface area is 102 Å². The highest BCUT2D eigenvalue weighted by atomic mass is 79.9. The molecule has 17 heavy (non-hydrogen) atoms. The van der Waals surface area contributed by atoms with Gasteiger partial charge in [-0.2, -0.15) is 13.2 Å². The summed E-state index contributed by atoms with van der Waals surface area (Å²) in [5.74, 6) is -1.65. The summed E-state index contributed by atoms with van der Waals surface area (Å²) in [6, 6.07) is 1.51. The van der Waals surface area contributed by atoms with Crippen molar-refractivity contribution in [2.45, 2.75) is 12.3 Å². The van der Waals surface area contributed by atoms with Crippen LogP contribution in [-0.4, -0.2) is 16.2 Å². The number of nitrogen functional groups attached to an aromatic ring is 1. The lowest BCUT2D eigenvalue weighted by Crippen LogP contribution is -2.14. The number of benzene rings is 1. The molecule has 4 N–H and O–H groups in total. The van der Waals surface area contributed by atoms with Gasteiger partial charge >= 0.3 is 12.1 Å². The minimum Gasteiger partial charge on any atom is -0.479 e. The first-order valence-electron chi connectivity index (χ1n) is 4.21. The second-order valence-electron chi connectivity index (χ2n) is 3.21. The number of anilines is 1. The molecule has 1 rings (SSSR count). The average molecular weight is 314 g/mol. The van der Waals surface area contributed by atoms with Gasteiger partial charge < -0.3 is 15.9 Å². The molecule has 0 radical (unpaired) electrons. The predicted molar refractivity (Wildman–Crippen MR) is 56.2 cm³/mol. The molecule has 0 saturated carbocycles. The summed E-state index contributed by atoms with van der Waals surface area (Å²) in [6.07, 6.45) is -6.74. The Morgan fingerprint density at radius 3 is 2.35 bits per heavy atom. The number of aliphatic hydroxyl groups excluding tert-OH is 1. The topological polar surface area (TPSA) is 83.5 Å². The normalized spacial score (nSPS) is 13.5. The van der Waals surface area contributed by atoms with Crippen LogP contribution in [0.3, 0.4) is 0 Å². The number of carbonyl (C=O) groups is 1. The summed E-state index contributed by atoms with van der Waals surface area (Å²) >= 11 is 2.66. The zero-order chi connectivity index (χ0) is 13.4. The number of aliphatic carboxylic acids is 1. The summed E-state index contributed by atoms with van der Waals surface area (Å²) in [4.78, 5) is 10.5. The molecule has 0 fully saturated rings. The maximum absolute atomic E-state index is 12.6. The van der Waals surface area contributed by atoms with E-state index in [1.54, 1.807) is 0 Å². The first-order valence-corrected chi connectivity index (χ1v) is 5.01. The van der Waals surface area contributed by atoms with Crippen LogP contribution in [0, 0.1) is 0 Å². The number of carboxylic acid groups (broad SMARTS) is 1. The Bertz CT molecular complexity index is 462. The molecule has 0 amide bonds. The maximum Gasteiger partial charge on any atom is 0.417 e. The minimum absolute atomic E-state index is 0.296. The first-order chi connectivity index (χ1) is 7.64. The quantitative estimate of drug-likeness (QED) is 0.731. The molecule has 0 aromatic heterocycles. The predicted octanol–water partition coefficient (Wildman–Crippen LogP) is 2.17. The molecule has 0 aliphatic rings. The highest BCUT2D eigenvalue weighted by Crippen LogP contribution is 2.39. The number of hydrogen-bond donors (Lipinski definition) is 3. The van der Waals surface area contributed by atoms with E-state index in [0.29, 0.717) is 6.07 Å². The molecule has 1 atom stereocenters. The van der Waals surface area contributed by atoms with Gasteiger partial charge in [0.05, 0.1) is 10.0 Å². The van der Waals surface area contributed by atoms with Crippen molar-refractivity contribution in [3.05, 3.63) is 27.7 Å². The van der Waals surface area contributed by atoms with Crippen LogP contribution in [0.1, 0.15) is 17.2 Å². The maximum atomic E-state index is 12.6. The van der Waals surface area contributed by atoms with Crippen molar-refractivity contribution in [2.75, 3.05) is 5.73 Å². The number of halogens is 4. The van der Waals surface area contributed by atoms with Gasteiger partial charge in [0.2, 0.25) is 0 Å². The third kappa shape index (κ3) is 2.89. The lowest BCUT2D eigenvalue weighted by Gasteiger charge is -2.14. The highest BCUT2D eigenvalue weighted by Gasteiger charge is 2.35. The molecule has 4 nitrogen and oxygen atoms in total. The van der Waals surface area contributed by atoms with Gasteiger partial charge in [0.25, 0.3) is 0 Å². The second-order valence-corrected chi connectivity index (χ2v) is 4.00. The standard InChI is InChI=1S/C9H7BrF3NO3/c10-6-4(9(11,12)13)1-3(2-5(6)14)7(15)8(16)17/h1-2,7,15H,14H2,(H,16,17). The van der Waals surface area contributed by atoms with E-state index in [-0.39, 0.29) is 10.2 Å². The van der Waals surface area contributed by atoms with Crippen molar-refractivity contribution < 1.29 is 28.2 Å². The van der Waals surface area contributed by atoms with Crippen LogP contribution in [0.15, 0.2) is 16.6 Å². The van der Waals surface area contributed by atoms with E-state index >= 15 is 0 Å². The number of carboxylic acids is 1. The van der Waals surface area contributed by atoms with Gasteiger partial charge in [-0.3, -0.25) is 0 Å². The monoisotopic (exact) mass is 313 g/mol. The molecule has 1 aromatic carbocycles.